The number of aryl methyl sites for hydroxylation is 1. The second kappa shape index (κ2) is 7.73. The first-order valence-corrected chi connectivity index (χ1v) is 8.46. The Bertz CT molecular complexity index is 762. The molecular weight excluding hydrogens is 298 g/mol. The van der Waals surface area contributed by atoms with Gasteiger partial charge in [0.1, 0.15) is 5.82 Å². The summed E-state index contributed by atoms with van der Waals surface area (Å²) in [6, 6.07) is 11.8. The highest BCUT2D eigenvalue weighted by Gasteiger charge is 2.12. The fraction of sp³-hybridized carbons (Fsp3) is 0.316. The lowest BCUT2D eigenvalue weighted by Gasteiger charge is -2.05. The molecule has 0 radical (unpaired) electrons. The van der Waals surface area contributed by atoms with E-state index in [9.17, 15) is 0 Å². The van der Waals surface area contributed by atoms with Gasteiger partial charge in [-0.2, -0.15) is 5.10 Å². The van der Waals surface area contributed by atoms with Crippen LogP contribution in [-0.4, -0.2) is 19.7 Å². The van der Waals surface area contributed by atoms with Crippen molar-refractivity contribution in [3.63, 3.8) is 0 Å². The number of rotatable bonds is 7. The lowest BCUT2D eigenvalue weighted by molar-refractivity contribution is 0.689. The molecule has 2 aromatic heterocycles. The normalized spacial score (nSPS) is 10.9. The molecule has 0 atom stereocenters. The molecule has 5 nitrogen and oxygen atoms in total. The van der Waals surface area contributed by atoms with Crippen molar-refractivity contribution in [2.24, 2.45) is 0 Å². The first-order valence-electron chi connectivity index (χ1n) is 8.46. The molecule has 124 valence electrons. The molecule has 0 aliphatic rings. The third-order valence-corrected chi connectivity index (χ3v) is 3.97. The number of aromatic nitrogens is 4. The summed E-state index contributed by atoms with van der Waals surface area (Å²) < 4.78 is 1.93. The van der Waals surface area contributed by atoms with Gasteiger partial charge < -0.3 is 5.73 Å². The second-order valence-electron chi connectivity index (χ2n) is 5.94. The maximum atomic E-state index is 5.77. The van der Waals surface area contributed by atoms with Gasteiger partial charge in [0, 0.05) is 30.9 Å². The Morgan fingerprint density at radius 1 is 1.00 bits per heavy atom. The Morgan fingerprint density at radius 2 is 1.75 bits per heavy atom. The first-order chi connectivity index (χ1) is 11.8. The number of pyridine rings is 1. The number of unbranched alkanes of at least 4 members (excludes halogenated alkanes) is 2. The van der Waals surface area contributed by atoms with E-state index in [1.165, 1.54) is 18.4 Å². The minimum atomic E-state index is 0.726. The van der Waals surface area contributed by atoms with E-state index in [0.717, 1.165) is 42.3 Å². The molecule has 0 bridgehead atoms. The van der Waals surface area contributed by atoms with Gasteiger partial charge in [-0.1, -0.05) is 31.9 Å². The van der Waals surface area contributed by atoms with Gasteiger partial charge in [-0.15, -0.1) is 0 Å². The lowest BCUT2D eigenvalue weighted by Crippen LogP contribution is -2.04. The third kappa shape index (κ3) is 3.98. The highest BCUT2D eigenvalue weighted by molar-refractivity contribution is 5.40. The van der Waals surface area contributed by atoms with Gasteiger partial charge in [-0.05, 0) is 36.2 Å². The van der Waals surface area contributed by atoms with Crippen molar-refractivity contribution in [2.45, 2.75) is 39.0 Å². The van der Waals surface area contributed by atoms with E-state index < -0.39 is 0 Å². The van der Waals surface area contributed by atoms with E-state index in [2.05, 4.69) is 11.9 Å². The van der Waals surface area contributed by atoms with E-state index in [1.807, 2.05) is 41.1 Å². The van der Waals surface area contributed by atoms with Crippen LogP contribution in [0.4, 0.5) is 5.69 Å². The Kier molecular flexibility index (Phi) is 5.21. The topological polar surface area (TPSA) is 69.6 Å². The smallest absolute Gasteiger partial charge is 0.151 e. The number of nitrogens with two attached hydrogens (primary N) is 1. The van der Waals surface area contributed by atoms with Crippen LogP contribution in [0.15, 0.2) is 48.8 Å². The van der Waals surface area contributed by atoms with Gasteiger partial charge in [0.25, 0.3) is 0 Å². The molecule has 1 aromatic carbocycles. The molecule has 3 aromatic rings. The Balaban J connectivity index is 1.88. The molecule has 0 aliphatic heterocycles. The maximum absolute atomic E-state index is 5.77. The summed E-state index contributed by atoms with van der Waals surface area (Å²) in [5.41, 5.74) is 8.71. The average molecular weight is 321 g/mol. The summed E-state index contributed by atoms with van der Waals surface area (Å²) >= 11 is 0. The summed E-state index contributed by atoms with van der Waals surface area (Å²) in [6.07, 6.45) is 8.73. The van der Waals surface area contributed by atoms with Gasteiger partial charge in [0.2, 0.25) is 0 Å². The molecule has 0 amide bonds. The average Bonchev–Trinajstić information content (AvgIpc) is 3.01. The number of hydrogen-bond donors (Lipinski definition) is 1. The summed E-state index contributed by atoms with van der Waals surface area (Å²) in [5.74, 6) is 1.85. The molecule has 0 spiro atoms. The number of anilines is 1. The number of hydrogen-bond acceptors (Lipinski definition) is 4. The van der Waals surface area contributed by atoms with Crippen LogP contribution in [0, 0.1) is 0 Å². The largest absolute Gasteiger partial charge is 0.399 e. The number of nitrogens with zero attached hydrogens (tertiary/aromatic N) is 4. The maximum Gasteiger partial charge on any atom is 0.151 e. The summed E-state index contributed by atoms with van der Waals surface area (Å²) in [7, 11) is 0. The van der Waals surface area contributed by atoms with Crippen LogP contribution >= 0.6 is 0 Å². The zero-order valence-corrected chi connectivity index (χ0v) is 14.0. The highest BCUT2D eigenvalue weighted by Crippen LogP contribution is 2.15. The predicted molar refractivity (Wildman–Crippen MR) is 96.0 cm³/mol. The van der Waals surface area contributed by atoms with Gasteiger partial charge in [0.05, 0.1) is 5.69 Å². The molecular formula is C19H23N5. The van der Waals surface area contributed by atoms with Crippen LogP contribution < -0.4 is 5.73 Å². The summed E-state index contributed by atoms with van der Waals surface area (Å²) in [6.45, 7) is 2.20. The quantitative estimate of drug-likeness (QED) is 0.533. The van der Waals surface area contributed by atoms with E-state index in [-0.39, 0.29) is 0 Å². The van der Waals surface area contributed by atoms with E-state index in [0.29, 0.717) is 0 Å². The third-order valence-electron chi connectivity index (χ3n) is 3.97. The molecule has 0 saturated carbocycles. The molecule has 3 rings (SSSR count). The van der Waals surface area contributed by atoms with Crippen molar-refractivity contribution >= 4 is 5.69 Å². The molecule has 5 heteroatoms. The molecule has 0 aliphatic carbocycles. The van der Waals surface area contributed by atoms with Crippen molar-refractivity contribution in [3.8, 4) is 5.69 Å². The summed E-state index contributed by atoms with van der Waals surface area (Å²) in [5, 5.41) is 4.72. The fourth-order valence-corrected chi connectivity index (χ4v) is 2.66. The molecule has 0 fully saturated rings. The molecule has 2 heterocycles. The van der Waals surface area contributed by atoms with Gasteiger partial charge in [0.15, 0.2) is 5.82 Å². The monoisotopic (exact) mass is 321 g/mol. The number of nitrogen functional groups attached to an aromatic ring is 1. The van der Waals surface area contributed by atoms with Crippen molar-refractivity contribution in [2.75, 3.05) is 5.73 Å². The Hall–Kier alpha value is -2.69. The standard InChI is InChI=1S/C19H23N5/c1-2-3-4-5-18-22-19(14-15-6-8-16(20)9-7-15)24(23-18)17-10-12-21-13-11-17/h6-13H,2-5,14,20H2,1H3. The van der Waals surface area contributed by atoms with Gasteiger partial charge in [-0.25, -0.2) is 9.67 Å². The van der Waals surface area contributed by atoms with Gasteiger partial charge >= 0.3 is 0 Å². The lowest BCUT2D eigenvalue weighted by atomic mass is 10.1. The first kappa shape index (κ1) is 16.2. The van der Waals surface area contributed by atoms with Crippen LogP contribution in [-0.2, 0) is 12.8 Å². The van der Waals surface area contributed by atoms with Crippen molar-refractivity contribution < 1.29 is 0 Å². The fourth-order valence-electron chi connectivity index (χ4n) is 2.66. The Morgan fingerprint density at radius 3 is 2.46 bits per heavy atom. The van der Waals surface area contributed by atoms with Crippen LogP contribution in [0.5, 0.6) is 0 Å². The zero-order chi connectivity index (χ0) is 16.8. The second-order valence-corrected chi connectivity index (χ2v) is 5.94. The van der Waals surface area contributed by atoms with Crippen molar-refractivity contribution in [1.82, 2.24) is 19.7 Å². The van der Waals surface area contributed by atoms with Crippen LogP contribution in [0.3, 0.4) is 0 Å². The Labute approximate surface area is 142 Å². The minimum absolute atomic E-state index is 0.726. The molecule has 2 N–H and O–H groups in total. The van der Waals surface area contributed by atoms with Crippen LogP contribution in [0.1, 0.15) is 43.4 Å². The molecule has 0 saturated heterocycles. The predicted octanol–water partition coefficient (Wildman–Crippen LogP) is 3.57. The summed E-state index contributed by atoms with van der Waals surface area (Å²) in [4.78, 5) is 8.86. The van der Waals surface area contributed by atoms with E-state index in [1.54, 1.807) is 12.4 Å². The number of benzene rings is 1. The van der Waals surface area contributed by atoms with E-state index >= 15 is 0 Å². The van der Waals surface area contributed by atoms with Crippen LogP contribution in [0.25, 0.3) is 5.69 Å². The van der Waals surface area contributed by atoms with E-state index in [4.69, 9.17) is 15.8 Å². The molecule has 0 unspecified atom stereocenters. The van der Waals surface area contributed by atoms with Gasteiger partial charge in [-0.3, -0.25) is 4.98 Å². The highest BCUT2D eigenvalue weighted by atomic mass is 15.3. The molecule has 24 heavy (non-hydrogen) atoms. The van der Waals surface area contributed by atoms with Crippen LogP contribution in [0.2, 0.25) is 0 Å². The minimum Gasteiger partial charge on any atom is -0.399 e. The SMILES string of the molecule is CCCCCc1nc(Cc2ccc(N)cc2)n(-c2ccncc2)n1. The zero-order valence-electron chi connectivity index (χ0n) is 14.0. The van der Waals surface area contributed by atoms with Crippen molar-refractivity contribution in [1.29, 1.82) is 0 Å². The van der Waals surface area contributed by atoms with Crippen molar-refractivity contribution in [3.05, 3.63) is 66.0 Å².